The highest BCUT2D eigenvalue weighted by Gasteiger charge is 2.16. The molecule has 25 heavy (non-hydrogen) atoms. The second kappa shape index (κ2) is 9.36. The van der Waals surface area contributed by atoms with E-state index in [0.29, 0.717) is 29.6 Å². The highest BCUT2D eigenvalue weighted by atomic mass is 32.2. The van der Waals surface area contributed by atoms with Gasteiger partial charge in [-0.2, -0.15) is 0 Å². The molecule has 0 aliphatic rings. The molecule has 2 rings (SSSR count). The predicted octanol–water partition coefficient (Wildman–Crippen LogP) is 2.82. The van der Waals surface area contributed by atoms with Gasteiger partial charge in [-0.25, -0.2) is 4.98 Å². The normalized spacial score (nSPS) is 12.0. The molecule has 0 unspecified atom stereocenters. The van der Waals surface area contributed by atoms with E-state index in [2.05, 4.69) is 17.2 Å². The minimum Gasteiger partial charge on any atom is -0.497 e. The topological polar surface area (TPSA) is 81.4 Å². The lowest BCUT2D eigenvalue weighted by Crippen LogP contribution is -2.29. The van der Waals surface area contributed by atoms with Crippen molar-refractivity contribution in [2.24, 2.45) is 0 Å². The Labute approximate surface area is 150 Å². The standard InChI is InChI=1S/C18H24N2O4S/c1-4-5-9-19-17(21)12-25(22)11-16-13(2)24-18(20-16)14-7-6-8-15(10-14)23-3/h6-8,10H,4-5,9,11-12H2,1-3H3,(H,19,21)/t25-/m1/s1. The maximum Gasteiger partial charge on any atom is 0.232 e. The summed E-state index contributed by atoms with van der Waals surface area (Å²) in [4.78, 5) is 16.2. The van der Waals surface area contributed by atoms with Gasteiger partial charge < -0.3 is 14.5 Å². The average Bonchev–Trinajstić information content (AvgIpc) is 2.95. The van der Waals surface area contributed by atoms with Crippen molar-refractivity contribution >= 4 is 16.7 Å². The number of ether oxygens (including phenoxy) is 1. The fourth-order valence-corrected chi connectivity index (χ4v) is 3.32. The van der Waals surface area contributed by atoms with Crippen molar-refractivity contribution in [3.05, 3.63) is 35.7 Å². The number of hydrogen-bond donors (Lipinski definition) is 1. The Kier molecular flexibility index (Phi) is 7.18. The van der Waals surface area contributed by atoms with Gasteiger partial charge >= 0.3 is 0 Å². The quantitative estimate of drug-likeness (QED) is 0.692. The zero-order valence-electron chi connectivity index (χ0n) is 14.8. The number of aromatic nitrogens is 1. The average molecular weight is 364 g/mol. The minimum atomic E-state index is -1.33. The van der Waals surface area contributed by atoms with Crippen LogP contribution in [-0.4, -0.2) is 34.5 Å². The van der Waals surface area contributed by atoms with Gasteiger partial charge in [0.2, 0.25) is 11.8 Å². The lowest BCUT2D eigenvalue weighted by Gasteiger charge is -2.03. The first-order chi connectivity index (χ1) is 12.0. The Morgan fingerprint density at radius 1 is 1.40 bits per heavy atom. The van der Waals surface area contributed by atoms with Crippen LogP contribution in [0.4, 0.5) is 0 Å². The molecule has 0 spiro atoms. The summed E-state index contributed by atoms with van der Waals surface area (Å²) in [6.45, 7) is 4.46. The molecule has 6 nitrogen and oxygen atoms in total. The monoisotopic (exact) mass is 364 g/mol. The first-order valence-electron chi connectivity index (χ1n) is 8.26. The second-order valence-electron chi connectivity index (χ2n) is 5.69. The Morgan fingerprint density at radius 3 is 2.92 bits per heavy atom. The molecule has 136 valence electrons. The number of hydrogen-bond acceptors (Lipinski definition) is 5. The summed E-state index contributed by atoms with van der Waals surface area (Å²) >= 11 is 0. The lowest BCUT2D eigenvalue weighted by atomic mass is 10.2. The third-order valence-corrected chi connectivity index (χ3v) is 4.83. The highest BCUT2D eigenvalue weighted by molar-refractivity contribution is 7.84. The van der Waals surface area contributed by atoms with Gasteiger partial charge in [0.25, 0.3) is 0 Å². The fraction of sp³-hybridized carbons (Fsp3) is 0.444. The molecule has 0 saturated carbocycles. The summed E-state index contributed by atoms with van der Waals surface area (Å²) in [5, 5.41) is 2.77. The van der Waals surface area contributed by atoms with Crippen LogP contribution >= 0.6 is 0 Å². The van der Waals surface area contributed by atoms with Crippen LogP contribution < -0.4 is 10.1 Å². The first-order valence-corrected chi connectivity index (χ1v) is 9.74. The van der Waals surface area contributed by atoms with Crippen molar-refractivity contribution in [1.29, 1.82) is 0 Å². The zero-order chi connectivity index (χ0) is 18.2. The number of rotatable bonds is 9. The van der Waals surface area contributed by atoms with Crippen LogP contribution in [0.15, 0.2) is 28.7 Å². The van der Waals surface area contributed by atoms with Crippen LogP contribution in [0.2, 0.25) is 0 Å². The van der Waals surface area contributed by atoms with Crippen molar-refractivity contribution in [2.75, 3.05) is 19.4 Å². The van der Waals surface area contributed by atoms with Crippen LogP contribution in [0.3, 0.4) is 0 Å². The summed E-state index contributed by atoms with van der Waals surface area (Å²) in [7, 11) is 0.272. The molecule has 0 fully saturated rings. The number of unbranched alkanes of at least 4 members (excludes halogenated alkanes) is 1. The summed E-state index contributed by atoms with van der Waals surface area (Å²) in [5.74, 6) is 1.75. The van der Waals surface area contributed by atoms with E-state index in [9.17, 15) is 9.00 Å². The van der Waals surface area contributed by atoms with Gasteiger partial charge in [0.1, 0.15) is 17.3 Å². The lowest BCUT2D eigenvalue weighted by molar-refractivity contribution is -0.118. The number of carbonyl (C=O) groups excluding carboxylic acids is 1. The number of carbonyl (C=O) groups is 1. The van der Waals surface area contributed by atoms with Gasteiger partial charge in [0.05, 0.1) is 18.6 Å². The Bertz CT molecular complexity index is 742. The molecule has 7 heteroatoms. The van der Waals surface area contributed by atoms with Crippen molar-refractivity contribution < 1.29 is 18.2 Å². The Balaban J connectivity index is 2.00. The van der Waals surface area contributed by atoms with E-state index in [-0.39, 0.29) is 17.4 Å². The predicted molar refractivity (Wildman–Crippen MR) is 97.9 cm³/mol. The third-order valence-electron chi connectivity index (χ3n) is 3.65. The SMILES string of the molecule is CCCCNC(=O)C[S@](=O)Cc1nc(-c2cccc(OC)c2)oc1C. The molecule has 1 N–H and O–H groups in total. The van der Waals surface area contributed by atoms with Crippen LogP contribution in [0.25, 0.3) is 11.5 Å². The van der Waals surface area contributed by atoms with Crippen molar-refractivity contribution in [3.8, 4) is 17.2 Å². The summed E-state index contributed by atoms with van der Waals surface area (Å²) in [6, 6.07) is 7.39. The van der Waals surface area contributed by atoms with Gasteiger partial charge in [-0.1, -0.05) is 19.4 Å². The third kappa shape index (κ3) is 5.70. The van der Waals surface area contributed by atoms with Crippen molar-refractivity contribution in [2.45, 2.75) is 32.4 Å². The molecule has 1 atom stereocenters. The van der Waals surface area contributed by atoms with Crippen molar-refractivity contribution in [1.82, 2.24) is 10.3 Å². The van der Waals surface area contributed by atoms with E-state index >= 15 is 0 Å². The first kappa shape index (κ1) is 19.2. The van der Waals surface area contributed by atoms with E-state index in [0.717, 1.165) is 18.4 Å². The number of nitrogens with zero attached hydrogens (tertiary/aromatic N) is 1. The molecular weight excluding hydrogens is 340 g/mol. The fourth-order valence-electron chi connectivity index (χ4n) is 2.25. The Morgan fingerprint density at radius 2 is 2.20 bits per heavy atom. The van der Waals surface area contributed by atoms with Crippen LogP contribution in [0, 0.1) is 6.92 Å². The second-order valence-corrected chi connectivity index (χ2v) is 7.14. The van der Waals surface area contributed by atoms with E-state index < -0.39 is 10.8 Å². The molecule has 0 radical (unpaired) electrons. The van der Waals surface area contributed by atoms with Crippen LogP contribution in [-0.2, 0) is 21.3 Å². The summed E-state index contributed by atoms with van der Waals surface area (Å²) in [5.41, 5.74) is 1.40. The number of aryl methyl sites for hydroxylation is 1. The van der Waals surface area contributed by atoms with E-state index in [1.807, 2.05) is 24.3 Å². The van der Waals surface area contributed by atoms with Gasteiger partial charge in [0, 0.05) is 22.9 Å². The molecule has 0 saturated heterocycles. The number of oxazole rings is 1. The largest absolute Gasteiger partial charge is 0.497 e. The number of amides is 1. The molecule has 1 aromatic carbocycles. The maximum absolute atomic E-state index is 12.2. The molecule has 0 aliphatic carbocycles. The zero-order valence-corrected chi connectivity index (χ0v) is 15.6. The highest BCUT2D eigenvalue weighted by Crippen LogP contribution is 2.25. The van der Waals surface area contributed by atoms with E-state index in [1.165, 1.54) is 0 Å². The molecule has 0 aliphatic heterocycles. The minimum absolute atomic E-state index is 0.0233. The van der Waals surface area contributed by atoms with Crippen molar-refractivity contribution in [3.63, 3.8) is 0 Å². The van der Waals surface area contributed by atoms with E-state index in [1.54, 1.807) is 14.0 Å². The van der Waals surface area contributed by atoms with E-state index in [4.69, 9.17) is 9.15 Å². The van der Waals surface area contributed by atoms with Gasteiger partial charge in [-0.3, -0.25) is 9.00 Å². The number of methoxy groups -OCH3 is 1. The smallest absolute Gasteiger partial charge is 0.232 e. The summed E-state index contributed by atoms with van der Waals surface area (Å²) < 4.78 is 23.1. The van der Waals surface area contributed by atoms with Gasteiger partial charge in [0.15, 0.2) is 0 Å². The Hall–Kier alpha value is -2.15. The molecule has 0 bridgehead atoms. The maximum atomic E-state index is 12.2. The van der Waals surface area contributed by atoms with Crippen LogP contribution in [0.1, 0.15) is 31.2 Å². The van der Waals surface area contributed by atoms with Crippen LogP contribution in [0.5, 0.6) is 5.75 Å². The van der Waals surface area contributed by atoms with Gasteiger partial charge in [-0.15, -0.1) is 0 Å². The number of benzene rings is 1. The molecule has 1 amide bonds. The van der Waals surface area contributed by atoms with Gasteiger partial charge in [-0.05, 0) is 31.5 Å². The molecule has 1 aromatic heterocycles. The molecular formula is C18H24N2O4S. The molecule has 2 aromatic rings. The number of nitrogens with one attached hydrogen (secondary N) is 1. The summed E-state index contributed by atoms with van der Waals surface area (Å²) in [6.07, 6.45) is 1.93. The molecule has 1 heterocycles.